The van der Waals surface area contributed by atoms with Crippen molar-refractivity contribution in [2.45, 2.75) is 171 Å². The molecular formula is C102H120ClF2N21O12. The summed E-state index contributed by atoms with van der Waals surface area (Å²) in [5, 5.41) is 25.1. The Kier molecular flexibility index (Phi) is 28.8. The molecule has 36 heteroatoms. The predicted molar refractivity (Wildman–Crippen MR) is 527 cm³/mol. The highest BCUT2D eigenvalue weighted by atomic mass is 35.5. The van der Waals surface area contributed by atoms with Crippen molar-refractivity contribution < 1.29 is 66.1 Å². The van der Waals surface area contributed by atoms with Crippen molar-refractivity contribution in [3.63, 3.8) is 0 Å². The fourth-order valence-corrected chi connectivity index (χ4v) is 21.9. The summed E-state index contributed by atoms with van der Waals surface area (Å²) in [7, 11) is 4.89. The molecule has 0 spiro atoms. The van der Waals surface area contributed by atoms with Crippen LogP contribution in [-0.2, 0) is 43.1 Å². The number of fused-ring (bicyclic) bond motifs is 6. The molecule has 12 aliphatic rings. The molecule has 3 aromatic heterocycles. The maximum atomic E-state index is 15.0. The number of aryl methyl sites for hydroxylation is 3. The first-order valence-corrected chi connectivity index (χ1v) is 48.2. The number of nitrogens with one attached hydrogen (secondary N) is 6. The molecule has 33 nitrogen and oxygen atoms in total. The van der Waals surface area contributed by atoms with Crippen LogP contribution in [0.1, 0.15) is 129 Å². The van der Waals surface area contributed by atoms with E-state index in [4.69, 9.17) is 54.5 Å². The Morgan fingerprint density at radius 2 is 0.768 bits per heavy atom. The van der Waals surface area contributed by atoms with Crippen molar-refractivity contribution in [1.82, 2.24) is 44.6 Å². The molecule has 12 fully saturated rings. The van der Waals surface area contributed by atoms with Crippen molar-refractivity contribution in [3.05, 3.63) is 216 Å². The van der Waals surface area contributed by atoms with Gasteiger partial charge in [-0.3, -0.25) is 43.6 Å². The van der Waals surface area contributed by atoms with Crippen molar-refractivity contribution in [2.75, 3.05) is 182 Å². The Morgan fingerprint density at radius 1 is 0.413 bits per heavy atom. The molecule has 6 bridgehead atoms. The molecule has 0 unspecified atom stereocenters. The van der Waals surface area contributed by atoms with Gasteiger partial charge >= 0.3 is 0 Å². The maximum absolute atomic E-state index is 15.0. The summed E-state index contributed by atoms with van der Waals surface area (Å²) in [4.78, 5) is 97.2. The van der Waals surface area contributed by atoms with Gasteiger partial charge in [-0.15, -0.1) is 0 Å². The molecule has 12 aliphatic heterocycles. The number of piperidine rings is 3. The Bertz CT molecular complexity index is 5730. The third-order valence-electron chi connectivity index (χ3n) is 28.8. The zero-order valence-electron chi connectivity index (χ0n) is 78.7. The molecule has 12 saturated heterocycles. The number of morpholine rings is 3. The normalized spacial score (nSPS) is 23.2. The van der Waals surface area contributed by atoms with E-state index >= 15 is 4.39 Å². The quantitative estimate of drug-likeness (QED) is 0.0261. The lowest BCUT2D eigenvalue weighted by Gasteiger charge is -2.41. The number of nitrogens with zero attached hydrogens (tertiary/aromatic N) is 15. The monoisotopic (exact) mass is 1900 g/mol. The summed E-state index contributed by atoms with van der Waals surface area (Å²) in [6.45, 7) is 28.9. The first kappa shape index (κ1) is 94.5. The van der Waals surface area contributed by atoms with Gasteiger partial charge in [-0.1, -0.05) is 73.8 Å². The number of anilines is 15. The minimum Gasteiger partial charge on any atom is -0.494 e. The van der Waals surface area contributed by atoms with E-state index in [0.717, 1.165) is 188 Å². The van der Waals surface area contributed by atoms with Gasteiger partial charge in [0.2, 0.25) is 17.7 Å². The van der Waals surface area contributed by atoms with Gasteiger partial charge in [0, 0.05) is 161 Å². The first-order valence-electron chi connectivity index (χ1n) is 47.9. The number of methoxy groups -OCH3 is 3. The second-order valence-corrected chi connectivity index (χ2v) is 37.5. The molecule has 15 heterocycles. The van der Waals surface area contributed by atoms with Crippen LogP contribution in [0.2, 0.25) is 5.02 Å². The number of amides is 3. The smallest absolute Gasteiger partial charge is 0.247 e. The number of hydroxylamine groups is 3. The maximum Gasteiger partial charge on any atom is 0.247 e. The number of likely N-dealkylation sites (tertiary alicyclic amines) is 3. The van der Waals surface area contributed by atoms with Gasteiger partial charge in [0.1, 0.15) is 65.3 Å². The SMILES string of the molecule is C=CC(=O)Nc1cc(Nc2cc(N3OCC[C@@H]3c3ccc(Cl)c(C)c3)ncn2)c(OC)cc1N1CCC(N2C[C@H]3C[C@@H]2CO3)CC1.C=CC(=O)Nc1cc(Nc2cc(N3OCC[C@@H]3c3ccc(F)c(C)c3)ncn2)c(OC)cc1N1CCC(N2C[C@H]3C[C@@H]2CO3)CC1.C=CC(=O)Nc1cc(Nc2cc(N3OCC[C@@H]3c3cccc(C)c3F)ncn2)c(OC)cc1N1CCC(N2C[C@H]3C[C@@H]2CO3)CC1. The largest absolute Gasteiger partial charge is 0.494 e. The lowest BCUT2D eigenvalue weighted by molar-refractivity contribution is -0.112. The number of carbonyl (C=O) groups is 3. The number of rotatable bonds is 27. The summed E-state index contributed by atoms with van der Waals surface area (Å²) in [6, 6.07) is 36.3. The lowest BCUT2D eigenvalue weighted by atomic mass is 10.0. The van der Waals surface area contributed by atoms with Gasteiger partial charge in [-0.2, -0.15) is 0 Å². The van der Waals surface area contributed by atoms with E-state index in [-0.39, 0.29) is 47.5 Å². The summed E-state index contributed by atoms with van der Waals surface area (Å²) >= 11 is 6.29. The molecule has 138 heavy (non-hydrogen) atoms. The molecule has 9 aromatic rings. The Hall–Kier alpha value is -12.4. The summed E-state index contributed by atoms with van der Waals surface area (Å²) in [6.07, 6.45) is 21.3. The molecule has 0 saturated carbocycles. The molecule has 6 aromatic carbocycles. The minimum atomic E-state index is -0.324. The second kappa shape index (κ2) is 42.1. The number of benzene rings is 6. The van der Waals surface area contributed by atoms with Crippen LogP contribution in [0.15, 0.2) is 166 Å². The van der Waals surface area contributed by atoms with Crippen molar-refractivity contribution >= 4 is 115 Å². The zero-order chi connectivity index (χ0) is 95.4. The predicted octanol–water partition coefficient (Wildman–Crippen LogP) is 15.9. The van der Waals surface area contributed by atoms with E-state index < -0.39 is 0 Å². The number of ether oxygens (including phenoxy) is 6. The van der Waals surface area contributed by atoms with Gasteiger partial charge < -0.3 is 75.0 Å². The van der Waals surface area contributed by atoms with Gasteiger partial charge in [-0.05, 0) is 155 Å². The lowest BCUT2D eigenvalue weighted by Crippen LogP contribution is -2.49. The van der Waals surface area contributed by atoms with Gasteiger partial charge in [0.25, 0.3) is 0 Å². The molecule has 21 rings (SSSR count). The number of aromatic nitrogens is 6. The van der Waals surface area contributed by atoms with Gasteiger partial charge in [-0.25, -0.2) is 53.9 Å². The average Bonchev–Trinajstić information content (AvgIpc) is 1.44. The Morgan fingerprint density at radius 3 is 1.10 bits per heavy atom. The first-order chi connectivity index (χ1) is 67.2. The molecule has 0 radical (unpaired) electrons. The molecule has 726 valence electrons. The van der Waals surface area contributed by atoms with Crippen LogP contribution >= 0.6 is 11.6 Å². The number of hydrogen-bond acceptors (Lipinski definition) is 30. The molecular weight excluding hydrogens is 1780 g/mol. The molecule has 9 atom stereocenters. The van der Waals surface area contributed by atoms with Gasteiger partial charge in [0.15, 0.2) is 17.5 Å². The van der Waals surface area contributed by atoms with Crippen molar-refractivity contribution in [1.29, 1.82) is 0 Å². The summed E-state index contributed by atoms with van der Waals surface area (Å²) < 4.78 is 64.0. The fraction of sp³-hybridized carbons (Fsp3) is 0.441. The van der Waals surface area contributed by atoms with Crippen LogP contribution < -0.4 is 76.0 Å². The minimum absolute atomic E-state index is 0.00801. The summed E-state index contributed by atoms with van der Waals surface area (Å²) in [5.74, 6) is 3.75. The number of hydrogen-bond donors (Lipinski definition) is 6. The fourth-order valence-electron chi connectivity index (χ4n) is 21.8. The third-order valence-corrected chi connectivity index (χ3v) is 29.2. The van der Waals surface area contributed by atoms with Crippen LogP contribution in [-0.4, -0.2) is 237 Å². The van der Waals surface area contributed by atoms with Gasteiger partial charge in [0.05, 0.1) is 149 Å². The zero-order valence-corrected chi connectivity index (χ0v) is 79.5. The standard InChI is InChI=1S/C34H40ClN7O4.2C34H40FN7O4/c2*1-4-34(43)39-27-15-28(31(44-3)16-30(27)40-10-7-23(8-11-40)41-18-25-14-24(41)19-45-25)38-32-17-33(37-20-36-32)42-29(9-12-46-42)22-5-6-26(35)21(2)13-22;1-4-33(43)39-26-15-27(30(44-3)16-29(26)40-11-8-22(9-12-40)41-18-24-14-23(41)19-45-24)38-31-17-32(37-20-36-31)42-28(10-13-46-42)25-7-5-6-21(2)34(25)35/h2*4-6,13,15-17,20,23-25,29H,1,7-12,14,18-19H2,2-3H3,(H,39,43)(H,36,37,38);4-7,15-17,20,22-24,28H,1,8-14,18-19H2,2-3H3,(H,39,43)(H,36,37,38)/t2*24-,25-,29-;23-,24-,28-/m111/s1. The Labute approximate surface area is 807 Å². The highest BCUT2D eigenvalue weighted by Crippen LogP contribution is 2.48. The number of carbonyl (C=O) groups excluding carboxylic acids is 3. The van der Waals surface area contributed by atoms with Crippen LogP contribution in [0.5, 0.6) is 17.2 Å². The van der Waals surface area contributed by atoms with Crippen LogP contribution in [0.4, 0.5) is 94.9 Å². The van der Waals surface area contributed by atoms with E-state index in [1.807, 2.05) is 78.7 Å². The highest BCUT2D eigenvalue weighted by molar-refractivity contribution is 6.31. The van der Waals surface area contributed by atoms with Crippen molar-refractivity contribution in [3.8, 4) is 17.2 Å². The van der Waals surface area contributed by atoms with Crippen LogP contribution in [0, 0.1) is 32.4 Å². The number of halogens is 3. The summed E-state index contributed by atoms with van der Waals surface area (Å²) in [5.41, 5.74) is 11.4. The highest BCUT2D eigenvalue weighted by Gasteiger charge is 2.47. The topological polar surface area (TPSA) is 313 Å². The van der Waals surface area contributed by atoms with Crippen molar-refractivity contribution in [2.24, 2.45) is 0 Å². The van der Waals surface area contributed by atoms with Crippen LogP contribution in [0.3, 0.4) is 0 Å². The molecule has 0 aliphatic carbocycles. The van der Waals surface area contributed by atoms with Crippen LogP contribution in [0.25, 0.3) is 0 Å². The van der Waals surface area contributed by atoms with E-state index in [0.29, 0.717) is 184 Å². The van der Waals surface area contributed by atoms with E-state index in [2.05, 4.69) is 117 Å². The third kappa shape index (κ3) is 20.6. The van der Waals surface area contributed by atoms with E-state index in [9.17, 15) is 18.8 Å². The van der Waals surface area contributed by atoms with E-state index in [1.54, 1.807) is 75.6 Å². The Balaban J connectivity index is 0.000000132. The average molecular weight is 1910 g/mol. The second-order valence-electron chi connectivity index (χ2n) is 37.1. The van der Waals surface area contributed by atoms with E-state index in [1.165, 1.54) is 43.3 Å². The molecule has 3 amide bonds. The molecule has 6 N–H and O–H groups in total.